The smallest absolute Gasteiger partial charge is 0.255 e. The zero-order chi connectivity index (χ0) is 20.0. The summed E-state index contributed by atoms with van der Waals surface area (Å²) in [5.41, 5.74) is 0.608. The lowest BCUT2D eigenvalue weighted by Gasteiger charge is -2.34. The average molecular weight is 489 g/mol. The molecule has 0 spiro atoms. The minimum absolute atomic E-state index is 0.0240. The van der Waals surface area contributed by atoms with E-state index in [0.29, 0.717) is 49.8 Å². The van der Waals surface area contributed by atoms with Crippen LogP contribution in [0.15, 0.2) is 12.1 Å². The van der Waals surface area contributed by atoms with Crippen LogP contribution in [0.25, 0.3) is 0 Å². The van der Waals surface area contributed by atoms with Crippen molar-refractivity contribution in [2.75, 3.05) is 46.9 Å². The van der Waals surface area contributed by atoms with Crippen LogP contribution in [0, 0.1) is 3.57 Å². The second-order valence-corrected chi connectivity index (χ2v) is 7.79. The van der Waals surface area contributed by atoms with Gasteiger partial charge in [-0.05, 0) is 48.1 Å². The maximum atomic E-state index is 12.9. The number of benzene rings is 1. The molecule has 0 radical (unpaired) electrons. The fraction of sp³-hybridized carbons (Fsp3) is 0.579. The van der Waals surface area contributed by atoms with Gasteiger partial charge < -0.3 is 19.7 Å². The van der Waals surface area contributed by atoms with Crippen molar-refractivity contribution in [1.82, 2.24) is 15.1 Å². The summed E-state index contributed by atoms with van der Waals surface area (Å²) in [5.74, 6) is 1.17. The number of rotatable bonds is 7. The summed E-state index contributed by atoms with van der Waals surface area (Å²) in [6.07, 6.45) is 0.915. The molecule has 1 unspecified atom stereocenters. The summed E-state index contributed by atoms with van der Waals surface area (Å²) in [7, 11) is 3.13. The number of nitrogens with one attached hydrogen (secondary N) is 1. The number of ether oxygens (including phenoxy) is 2. The van der Waals surface area contributed by atoms with Gasteiger partial charge in [-0.3, -0.25) is 14.5 Å². The first-order valence-electron chi connectivity index (χ1n) is 9.12. The zero-order valence-corrected chi connectivity index (χ0v) is 18.5. The summed E-state index contributed by atoms with van der Waals surface area (Å²) < 4.78 is 11.4. The van der Waals surface area contributed by atoms with E-state index in [-0.39, 0.29) is 17.9 Å². The van der Waals surface area contributed by atoms with E-state index in [1.54, 1.807) is 20.3 Å². The van der Waals surface area contributed by atoms with Gasteiger partial charge in [-0.1, -0.05) is 6.92 Å². The van der Waals surface area contributed by atoms with Crippen LogP contribution in [0.4, 0.5) is 0 Å². The van der Waals surface area contributed by atoms with E-state index in [1.165, 1.54) is 0 Å². The van der Waals surface area contributed by atoms with Crippen LogP contribution in [0.1, 0.15) is 30.6 Å². The molecule has 7 nitrogen and oxygen atoms in total. The van der Waals surface area contributed by atoms with E-state index in [9.17, 15) is 9.59 Å². The molecule has 1 aliphatic heterocycles. The molecule has 1 heterocycles. The Morgan fingerprint density at radius 2 is 1.74 bits per heavy atom. The highest BCUT2D eigenvalue weighted by molar-refractivity contribution is 14.1. The van der Waals surface area contributed by atoms with Gasteiger partial charge in [0.1, 0.15) is 0 Å². The van der Waals surface area contributed by atoms with Gasteiger partial charge in [-0.15, -0.1) is 0 Å². The lowest BCUT2D eigenvalue weighted by molar-refractivity contribution is -0.123. The van der Waals surface area contributed by atoms with Crippen molar-refractivity contribution in [2.45, 2.75) is 26.3 Å². The third kappa shape index (κ3) is 5.71. The minimum atomic E-state index is -0.0240. The van der Waals surface area contributed by atoms with Crippen LogP contribution >= 0.6 is 22.6 Å². The first kappa shape index (κ1) is 21.7. The highest BCUT2D eigenvalue weighted by Gasteiger charge is 2.25. The van der Waals surface area contributed by atoms with Gasteiger partial charge in [0.25, 0.3) is 5.91 Å². The van der Waals surface area contributed by atoms with Crippen LogP contribution in [-0.4, -0.2) is 74.6 Å². The summed E-state index contributed by atoms with van der Waals surface area (Å²) in [4.78, 5) is 28.9. The summed E-state index contributed by atoms with van der Waals surface area (Å²) in [6, 6.07) is 3.73. The number of hydrogen-bond acceptors (Lipinski definition) is 5. The molecule has 0 bridgehead atoms. The molecule has 1 aromatic rings. The number of carbonyl (C=O) groups is 2. The fourth-order valence-electron chi connectivity index (χ4n) is 2.92. The molecule has 1 saturated heterocycles. The second kappa shape index (κ2) is 10.1. The molecule has 0 saturated carbocycles. The van der Waals surface area contributed by atoms with Crippen molar-refractivity contribution in [3.05, 3.63) is 21.3 Å². The van der Waals surface area contributed by atoms with Crippen molar-refractivity contribution < 1.29 is 19.1 Å². The molecule has 1 aliphatic rings. The topological polar surface area (TPSA) is 71.1 Å². The van der Waals surface area contributed by atoms with Crippen LogP contribution in [0.3, 0.4) is 0 Å². The maximum Gasteiger partial charge on any atom is 0.255 e. The molecule has 2 rings (SSSR count). The molecule has 1 aromatic carbocycles. The van der Waals surface area contributed by atoms with E-state index in [0.717, 1.165) is 9.99 Å². The Labute approximate surface area is 174 Å². The predicted molar refractivity (Wildman–Crippen MR) is 113 cm³/mol. The summed E-state index contributed by atoms with van der Waals surface area (Å²) in [6.45, 7) is 6.98. The fourth-order valence-corrected chi connectivity index (χ4v) is 3.59. The van der Waals surface area contributed by atoms with Gasteiger partial charge in [0, 0.05) is 35.8 Å². The van der Waals surface area contributed by atoms with Crippen molar-refractivity contribution in [3.8, 4) is 11.5 Å². The Hall–Kier alpha value is -1.55. The standard InChI is InChI=1S/C19H28IN3O4/c1-5-13(2)21-18(24)12-22-6-8-23(9-7-22)19(25)14-10-16(26-3)17(27-4)11-15(14)20/h10-11,13H,5-9,12H2,1-4H3,(H,21,24). The molecule has 0 aliphatic carbocycles. The molecule has 8 heteroatoms. The third-order valence-electron chi connectivity index (χ3n) is 4.75. The highest BCUT2D eigenvalue weighted by atomic mass is 127. The van der Waals surface area contributed by atoms with Crippen LogP contribution < -0.4 is 14.8 Å². The van der Waals surface area contributed by atoms with Gasteiger partial charge >= 0.3 is 0 Å². The summed E-state index contributed by atoms with van der Waals surface area (Å²) in [5, 5.41) is 2.98. The number of methoxy groups -OCH3 is 2. The number of amides is 2. The summed E-state index contributed by atoms with van der Waals surface area (Å²) >= 11 is 2.14. The van der Waals surface area contributed by atoms with Crippen molar-refractivity contribution in [3.63, 3.8) is 0 Å². The predicted octanol–water partition coefficient (Wildman–Crippen LogP) is 1.98. The Morgan fingerprint density at radius 3 is 2.30 bits per heavy atom. The van der Waals surface area contributed by atoms with Gasteiger partial charge in [0.15, 0.2) is 11.5 Å². The highest BCUT2D eigenvalue weighted by Crippen LogP contribution is 2.32. The van der Waals surface area contributed by atoms with E-state index in [4.69, 9.17) is 9.47 Å². The number of halogens is 1. The van der Waals surface area contributed by atoms with Crippen LogP contribution in [-0.2, 0) is 4.79 Å². The Morgan fingerprint density at radius 1 is 1.15 bits per heavy atom. The molecular formula is C19H28IN3O4. The quantitative estimate of drug-likeness (QED) is 0.594. The Kier molecular flexibility index (Phi) is 8.15. The van der Waals surface area contributed by atoms with E-state index in [1.807, 2.05) is 24.8 Å². The third-order valence-corrected chi connectivity index (χ3v) is 5.64. The second-order valence-electron chi connectivity index (χ2n) is 6.63. The van der Waals surface area contributed by atoms with E-state index >= 15 is 0 Å². The molecule has 27 heavy (non-hydrogen) atoms. The van der Waals surface area contributed by atoms with E-state index < -0.39 is 0 Å². The molecular weight excluding hydrogens is 461 g/mol. The van der Waals surface area contributed by atoms with Gasteiger partial charge in [0.2, 0.25) is 5.91 Å². The van der Waals surface area contributed by atoms with Gasteiger partial charge in [-0.2, -0.15) is 0 Å². The van der Waals surface area contributed by atoms with E-state index in [2.05, 4.69) is 32.8 Å². The van der Waals surface area contributed by atoms with Crippen molar-refractivity contribution >= 4 is 34.4 Å². The Bertz CT molecular complexity index is 675. The number of piperazine rings is 1. The molecule has 1 N–H and O–H groups in total. The number of nitrogens with zero attached hydrogens (tertiary/aromatic N) is 2. The van der Waals surface area contributed by atoms with Crippen molar-refractivity contribution in [1.29, 1.82) is 0 Å². The van der Waals surface area contributed by atoms with Crippen molar-refractivity contribution in [2.24, 2.45) is 0 Å². The first-order chi connectivity index (χ1) is 12.9. The lowest BCUT2D eigenvalue weighted by atomic mass is 10.1. The first-order valence-corrected chi connectivity index (χ1v) is 10.2. The lowest BCUT2D eigenvalue weighted by Crippen LogP contribution is -2.51. The molecule has 1 atom stereocenters. The average Bonchev–Trinajstić information content (AvgIpc) is 2.67. The monoisotopic (exact) mass is 489 g/mol. The Balaban J connectivity index is 1.96. The zero-order valence-electron chi connectivity index (χ0n) is 16.4. The molecule has 1 fully saturated rings. The molecule has 2 amide bonds. The number of carbonyl (C=O) groups excluding carboxylic acids is 2. The van der Waals surface area contributed by atoms with Crippen LogP contribution in [0.5, 0.6) is 11.5 Å². The van der Waals surface area contributed by atoms with Crippen LogP contribution in [0.2, 0.25) is 0 Å². The SMILES string of the molecule is CCC(C)NC(=O)CN1CCN(C(=O)c2cc(OC)c(OC)cc2I)CC1. The van der Waals surface area contributed by atoms with Gasteiger partial charge in [-0.25, -0.2) is 0 Å². The molecule has 150 valence electrons. The molecule has 0 aromatic heterocycles. The van der Waals surface area contributed by atoms with Gasteiger partial charge in [0.05, 0.1) is 26.3 Å². The maximum absolute atomic E-state index is 12.9. The number of hydrogen-bond donors (Lipinski definition) is 1. The minimum Gasteiger partial charge on any atom is -0.493 e. The normalized spacial score (nSPS) is 16.0. The largest absolute Gasteiger partial charge is 0.493 e.